The van der Waals surface area contributed by atoms with E-state index in [1.807, 2.05) is 19.1 Å². The van der Waals surface area contributed by atoms with Crippen LogP contribution in [-0.2, 0) is 4.79 Å². The number of halogens is 2. The molecule has 0 aliphatic rings. The maximum absolute atomic E-state index is 12.0. The lowest BCUT2D eigenvalue weighted by atomic mass is 10.3. The molecule has 2 rings (SSSR count). The standard InChI is InChI=1S/C16H15BrClNO3/c1-2-21-15-8-5-12(18)9-14(15)19-16(20)10-22-13-6-3-11(17)4-7-13/h3-9H,2,10H2,1H3,(H,19,20). The number of nitrogens with one attached hydrogen (secondary N) is 1. The third-order valence-electron chi connectivity index (χ3n) is 2.70. The molecule has 2 aromatic carbocycles. The molecule has 0 aliphatic carbocycles. The van der Waals surface area contributed by atoms with Crippen LogP contribution in [0.25, 0.3) is 0 Å². The van der Waals surface area contributed by atoms with Crippen molar-refractivity contribution in [3.8, 4) is 11.5 Å². The first kappa shape index (κ1) is 16.6. The van der Waals surface area contributed by atoms with Gasteiger partial charge in [-0.05, 0) is 49.4 Å². The van der Waals surface area contributed by atoms with Crippen LogP contribution in [-0.4, -0.2) is 19.1 Å². The monoisotopic (exact) mass is 383 g/mol. The second-order valence-corrected chi connectivity index (χ2v) is 5.72. The van der Waals surface area contributed by atoms with Crippen molar-refractivity contribution >= 4 is 39.1 Å². The summed E-state index contributed by atoms with van der Waals surface area (Å²) in [4.78, 5) is 12.0. The molecule has 0 saturated carbocycles. The van der Waals surface area contributed by atoms with Crippen LogP contribution in [0.2, 0.25) is 5.02 Å². The summed E-state index contributed by atoms with van der Waals surface area (Å²) >= 11 is 9.28. The molecule has 1 amide bonds. The van der Waals surface area contributed by atoms with Crippen molar-refractivity contribution in [2.45, 2.75) is 6.92 Å². The minimum Gasteiger partial charge on any atom is -0.492 e. The summed E-state index contributed by atoms with van der Waals surface area (Å²) in [5.74, 6) is 0.907. The number of rotatable bonds is 6. The summed E-state index contributed by atoms with van der Waals surface area (Å²) in [5, 5.41) is 3.26. The van der Waals surface area contributed by atoms with Crippen molar-refractivity contribution in [2.75, 3.05) is 18.5 Å². The average molecular weight is 385 g/mol. The van der Waals surface area contributed by atoms with Gasteiger partial charge in [0.15, 0.2) is 6.61 Å². The van der Waals surface area contributed by atoms with Crippen molar-refractivity contribution in [3.63, 3.8) is 0 Å². The van der Waals surface area contributed by atoms with E-state index in [4.69, 9.17) is 21.1 Å². The van der Waals surface area contributed by atoms with E-state index in [1.165, 1.54) is 0 Å². The minimum atomic E-state index is -0.286. The molecule has 0 aromatic heterocycles. The summed E-state index contributed by atoms with van der Waals surface area (Å²) in [6.07, 6.45) is 0. The van der Waals surface area contributed by atoms with Crippen LogP contribution < -0.4 is 14.8 Å². The number of hydrogen-bond acceptors (Lipinski definition) is 3. The number of carbonyl (C=O) groups is 1. The van der Waals surface area contributed by atoms with Crippen molar-refractivity contribution in [1.82, 2.24) is 0 Å². The fraction of sp³-hybridized carbons (Fsp3) is 0.188. The summed E-state index contributed by atoms with van der Waals surface area (Å²) < 4.78 is 11.8. The van der Waals surface area contributed by atoms with E-state index >= 15 is 0 Å². The highest BCUT2D eigenvalue weighted by atomic mass is 79.9. The predicted molar refractivity (Wildman–Crippen MR) is 90.9 cm³/mol. The van der Waals surface area contributed by atoms with E-state index in [0.29, 0.717) is 28.8 Å². The van der Waals surface area contributed by atoms with E-state index < -0.39 is 0 Å². The zero-order chi connectivity index (χ0) is 15.9. The average Bonchev–Trinajstić information content (AvgIpc) is 2.49. The Labute approximate surface area is 142 Å². The second-order valence-electron chi connectivity index (χ2n) is 4.36. The summed E-state index contributed by atoms with van der Waals surface area (Å²) in [5.41, 5.74) is 0.527. The van der Waals surface area contributed by atoms with Crippen molar-refractivity contribution < 1.29 is 14.3 Å². The predicted octanol–water partition coefficient (Wildman–Crippen LogP) is 4.52. The maximum atomic E-state index is 12.0. The smallest absolute Gasteiger partial charge is 0.262 e. The Kier molecular flexibility index (Phi) is 6.10. The highest BCUT2D eigenvalue weighted by Gasteiger charge is 2.09. The Morgan fingerprint density at radius 1 is 1.18 bits per heavy atom. The largest absolute Gasteiger partial charge is 0.492 e. The highest BCUT2D eigenvalue weighted by Crippen LogP contribution is 2.28. The summed E-state index contributed by atoms with van der Waals surface area (Å²) in [6.45, 7) is 2.27. The van der Waals surface area contributed by atoms with Gasteiger partial charge in [-0.1, -0.05) is 27.5 Å². The van der Waals surface area contributed by atoms with Gasteiger partial charge in [0, 0.05) is 9.50 Å². The number of hydrogen-bond donors (Lipinski definition) is 1. The van der Waals surface area contributed by atoms with Crippen LogP contribution in [0.5, 0.6) is 11.5 Å². The molecule has 0 radical (unpaired) electrons. The lowest BCUT2D eigenvalue weighted by Gasteiger charge is -2.12. The molecule has 0 spiro atoms. The van der Waals surface area contributed by atoms with Gasteiger partial charge in [0.2, 0.25) is 0 Å². The Morgan fingerprint density at radius 2 is 1.91 bits per heavy atom. The molecule has 22 heavy (non-hydrogen) atoms. The molecular formula is C16H15BrClNO3. The SMILES string of the molecule is CCOc1ccc(Cl)cc1NC(=O)COc1ccc(Br)cc1. The molecule has 0 fully saturated rings. The number of anilines is 1. The molecule has 116 valence electrons. The Morgan fingerprint density at radius 3 is 2.59 bits per heavy atom. The van der Waals surface area contributed by atoms with Gasteiger partial charge in [-0.3, -0.25) is 4.79 Å². The van der Waals surface area contributed by atoms with Gasteiger partial charge < -0.3 is 14.8 Å². The molecule has 4 nitrogen and oxygen atoms in total. The topological polar surface area (TPSA) is 47.6 Å². The van der Waals surface area contributed by atoms with Gasteiger partial charge in [0.25, 0.3) is 5.91 Å². The molecule has 0 heterocycles. The first-order chi connectivity index (χ1) is 10.6. The lowest BCUT2D eigenvalue weighted by molar-refractivity contribution is -0.118. The van der Waals surface area contributed by atoms with E-state index in [2.05, 4.69) is 21.2 Å². The van der Waals surface area contributed by atoms with E-state index in [-0.39, 0.29) is 12.5 Å². The molecule has 0 aliphatic heterocycles. The van der Waals surface area contributed by atoms with Crippen molar-refractivity contribution in [1.29, 1.82) is 0 Å². The number of carbonyl (C=O) groups excluding carboxylic acids is 1. The summed E-state index contributed by atoms with van der Waals surface area (Å²) in [6, 6.07) is 12.3. The van der Waals surface area contributed by atoms with E-state index in [0.717, 1.165) is 4.47 Å². The Hall–Kier alpha value is -1.72. The molecule has 6 heteroatoms. The van der Waals surface area contributed by atoms with Crippen molar-refractivity contribution in [2.24, 2.45) is 0 Å². The number of benzene rings is 2. The number of amides is 1. The van der Waals surface area contributed by atoms with Crippen molar-refractivity contribution in [3.05, 3.63) is 52.0 Å². The molecule has 1 N–H and O–H groups in total. The Balaban J connectivity index is 1.96. The van der Waals surface area contributed by atoms with E-state index in [9.17, 15) is 4.79 Å². The van der Waals surface area contributed by atoms with Crippen LogP contribution in [0, 0.1) is 0 Å². The van der Waals surface area contributed by atoms with Gasteiger partial charge in [0.05, 0.1) is 12.3 Å². The van der Waals surface area contributed by atoms with Crippen LogP contribution in [0.3, 0.4) is 0 Å². The third kappa shape index (κ3) is 4.93. The summed E-state index contributed by atoms with van der Waals surface area (Å²) in [7, 11) is 0. The van der Waals surface area contributed by atoms with Gasteiger partial charge >= 0.3 is 0 Å². The molecule has 2 aromatic rings. The fourth-order valence-electron chi connectivity index (χ4n) is 1.75. The van der Waals surface area contributed by atoms with Crippen LogP contribution in [0.15, 0.2) is 46.9 Å². The minimum absolute atomic E-state index is 0.0975. The Bertz CT molecular complexity index is 646. The quantitative estimate of drug-likeness (QED) is 0.796. The second kappa shape index (κ2) is 8.06. The van der Waals surface area contributed by atoms with Crippen LogP contribution in [0.4, 0.5) is 5.69 Å². The third-order valence-corrected chi connectivity index (χ3v) is 3.46. The molecule has 0 bridgehead atoms. The zero-order valence-corrected chi connectivity index (χ0v) is 14.3. The fourth-order valence-corrected chi connectivity index (χ4v) is 2.18. The normalized spacial score (nSPS) is 10.1. The maximum Gasteiger partial charge on any atom is 0.262 e. The first-order valence-corrected chi connectivity index (χ1v) is 7.86. The molecule has 0 atom stereocenters. The first-order valence-electron chi connectivity index (χ1n) is 6.69. The van der Waals surface area contributed by atoms with Gasteiger partial charge in [-0.2, -0.15) is 0 Å². The number of ether oxygens (including phenoxy) is 2. The van der Waals surface area contributed by atoms with Crippen LogP contribution in [0.1, 0.15) is 6.92 Å². The van der Waals surface area contributed by atoms with Gasteiger partial charge in [-0.25, -0.2) is 0 Å². The van der Waals surface area contributed by atoms with Gasteiger partial charge in [-0.15, -0.1) is 0 Å². The lowest BCUT2D eigenvalue weighted by Crippen LogP contribution is -2.20. The van der Waals surface area contributed by atoms with Gasteiger partial charge in [0.1, 0.15) is 11.5 Å². The molecule has 0 saturated heterocycles. The van der Waals surface area contributed by atoms with Crippen LogP contribution >= 0.6 is 27.5 Å². The van der Waals surface area contributed by atoms with E-state index in [1.54, 1.807) is 30.3 Å². The zero-order valence-electron chi connectivity index (χ0n) is 11.9. The molecule has 0 unspecified atom stereocenters. The highest BCUT2D eigenvalue weighted by molar-refractivity contribution is 9.10. The molecular weight excluding hydrogens is 370 g/mol.